The van der Waals surface area contributed by atoms with Crippen molar-refractivity contribution in [3.05, 3.63) is 23.2 Å². The number of anilines is 2. The minimum atomic E-state index is -3.03. The lowest BCUT2D eigenvalue weighted by Gasteiger charge is -2.07. The number of carbonyl (C=O) groups is 1. The van der Waals surface area contributed by atoms with Crippen LogP contribution in [-0.2, 0) is 14.6 Å². The van der Waals surface area contributed by atoms with Crippen LogP contribution in [0.4, 0.5) is 11.4 Å². The maximum atomic E-state index is 11.5. The first-order chi connectivity index (χ1) is 8.28. The van der Waals surface area contributed by atoms with Crippen molar-refractivity contribution < 1.29 is 13.2 Å². The van der Waals surface area contributed by atoms with Crippen molar-refractivity contribution in [3.8, 4) is 0 Å². The fourth-order valence-corrected chi connectivity index (χ4v) is 2.25. The van der Waals surface area contributed by atoms with Crippen molar-refractivity contribution in [1.82, 2.24) is 0 Å². The molecule has 0 aliphatic carbocycles. The van der Waals surface area contributed by atoms with Crippen LogP contribution in [0.2, 0.25) is 5.02 Å². The number of halogens is 1. The van der Waals surface area contributed by atoms with E-state index in [1.54, 1.807) is 12.1 Å². The Balaban J connectivity index is 2.50. The number of carbonyl (C=O) groups excluding carboxylic acids is 1. The van der Waals surface area contributed by atoms with Crippen molar-refractivity contribution in [2.24, 2.45) is 0 Å². The Morgan fingerprint density at radius 2 is 2.11 bits per heavy atom. The Labute approximate surface area is 111 Å². The Morgan fingerprint density at radius 3 is 2.67 bits per heavy atom. The second-order valence-corrected chi connectivity index (χ2v) is 6.69. The smallest absolute Gasteiger partial charge is 0.224 e. The van der Waals surface area contributed by atoms with Crippen LogP contribution in [0.5, 0.6) is 0 Å². The number of nitrogen functional groups attached to an aromatic ring is 1. The highest BCUT2D eigenvalue weighted by molar-refractivity contribution is 7.90. The van der Waals surface area contributed by atoms with Gasteiger partial charge in [0.05, 0.1) is 16.5 Å². The first-order valence-corrected chi connectivity index (χ1v) is 7.74. The molecule has 100 valence electrons. The third kappa shape index (κ3) is 5.37. The molecular formula is C11H15ClN2O3S. The van der Waals surface area contributed by atoms with Crippen LogP contribution in [0, 0.1) is 0 Å². The van der Waals surface area contributed by atoms with Gasteiger partial charge < -0.3 is 11.1 Å². The monoisotopic (exact) mass is 290 g/mol. The van der Waals surface area contributed by atoms with Crippen LogP contribution in [0.15, 0.2) is 18.2 Å². The number of hydrogen-bond donors (Lipinski definition) is 2. The van der Waals surface area contributed by atoms with Gasteiger partial charge in [0.1, 0.15) is 9.84 Å². The van der Waals surface area contributed by atoms with E-state index in [-0.39, 0.29) is 24.5 Å². The van der Waals surface area contributed by atoms with Gasteiger partial charge in [-0.05, 0) is 24.6 Å². The molecule has 7 heteroatoms. The van der Waals surface area contributed by atoms with Gasteiger partial charge in [0.2, 0.25) is 5.91 Å². The lowest BCUT2D eigenvalue weighted by atomic mass is 10.2. The summed E-state index contributed by atoms with van der Waals surface area (Å²) < 4.78 is 21.8. The van der Waals surface area contributed by atoms with Gasteiger partial charge in [-0.15, -0.1) is 0 Å². The highest BCUT2D eigenvalue weighted by Gasteiger charge is 2.08. The zero-order valence-corrected chi connectivity index (χ0v) is 11.5. The summed E-state index contributed by atoms with van der Waals surface area (Å²) in [5.74, 6) is -0.277. The molecule has 1 aromatic rings. The number of nitrogens with one attached hydrogen (secondary N) is 1. The Bertz CT molecular complexity index is 543. The second kappa shape index (κ2) is 6.06. The number of sulfone groups is 1. The average Bonchev–Trinajstić information content (AvgIpc) is 2.20. The predicted molar refractivity (Wildman–Crippen MR) is 73.4 cm³/mol. The topological polar surface area (TPSA) is 89.3 Å². The molecule has 18 heavy (non-hydrogen) atoms. The molecule has 0 saturated carbocycles. The van der Waals surface area contributed by atoms with E-state index in [1.165, 1.54) is 6.07 Å². The highest BCUT2D eigenvalue weighted by atomic mass is 35.5. The molecule has 0 heterocycles. The predicted octanol–water partition coefficient (Wildman–Crippen LogP) is 1.69. The largest absolute Gasteiger partial charge is 0.399 e. The molecule has 5 nitrogen and oxygen atoms in total. The Hall–Kier alpha value is -1.27. The van der Waals surface area contributed by atoms with Gasteiger partial charge in [-0.1, -0.05) is 11.6 Å². The van der Waals surface area contributed by atoms with Gasteiger partial charge in [0, 0.05) is 18.4 Å². The molecule has 0 aromatic heterocycles. The third-order valence-corrected chi connectivity index (χ3v) is 3.53. The zero-order chi connectivity index (χ0) is 13.8. The summed E-state index contributed by atoms with van der Waals surface area (Å²) in [6, 6.07) is 4.76. The minimum Gasteiger partial charge on any atom is -0.399 e. The van der Waals surface area contributed by atoms with Crippen molar-refractivity contribution >= 4 is 38.7 Å². The Morgan fingerprint density at radius 1 is 1.44 bits per heavy atom. The van der Waals surface area contributed by atoms with E-state index < -0.39 is 9.84 Å². The standard InChI is InChI=1S/C11H15ClN2O3S/c1-18(16,17)6-2-3-11(15)14-10-5-4-8(13)7-9(10)12/h4-5,7H,2-3,6,13H2,1H3,(H,14,15). The minimum absolute atomic E-state index is 0.00408. The van der Waals surface area contributed by atoms with E-state index in [2.05, 4.69) is 5.32 Å². The van der Waals surface area contributed by atoms with Gasteiger partial charge in [0.15, 0.2) is 0 Å². The summed E-state index contributed by atoms with van der Waals surface area (Å²) >= 11 is 5.89. The molecule has 0 saturated heterocycles. The number of hydrogen-bond acceptors (Lipinski definition) is 4. The molecule has 0 radical (unpaired) electrons. The lowest BCUT2D eigenvalue weighted by molar-refractivity contribution is -0.116. The van der Waals surface area contributed by atoms with Gasteiger partial charge in [0.25, 0.3) is 0 Å². The summed E-state index contributed by atoms with van der Waals surface area (Å²) in [6.45, 7) is 0. The van der Waals surface area contributed by atoms with Gasteiger partial charge >= 0.3 is 0 Å². The van der Waals surface area contributed by atoms with E-state index in [0.717, 1.165) is 6.26 Å². The van der Waals surface area contributed by atoms with E-state index in [0.29, 0.717) is 16.4 Å². The van der Waals surface area contributed by atoms with Crippen LogP contribution in [0.25, 0.3) is 0 Å². The molecule has 3 N–H and O–H groups in total. The quantitative estimate of drug-likeness (QED) is 0.808. The fraction of sp³-hybridized carbons (Fsp3) is 0.364. The zero-order valence-electron chi connectivity index (χ0n) is 9.94. The number of amides is 1. The molecule has 1 rings (SSSR count). The molecule has 1 amide bonds. The SMILES string of the molecule is CS(=O)(=O)CCCC(=O)Nc1ccc(N)cc1Cl. The lowest BCUT2D eigenvalue weighted by Crippen LogP contribution is -2.14. The molecule has 0 unspecified atom stereocenters. The summed E-state index contributed by atoms with van der Waals surface area (Å²) in [5, 5.41) is 2.96. The molecule has 0 bridgehead atoms. The van der Waals surface area contributed by atoms with Gasteiger partial charge in [-0.3, -0.25) is 4.79 Å². The van der Waals surface area contributed by atoms with Crippen molar-refractivity contribution in [2.75, 3.05) is 23.1 Å². The fourth-order valence-electron chi connectivity index (χ4n) is 1.34. The van der Waals surface area contributed by atoms with Crippen molar-refractivity contribution in [2.45, 2.75) is 12.8 Å². The van der Waals surface area contributed by atoms with E-state index in [9.17, 15) is 13.2 Å². The molecule has 0 aliphatic heterocycles. The molecule has 0 spiro atoms. The van der Waals surface area contributed by atoms with Crippen LogP contribution in [0.1, 0.15) is 12.8 Å². The molecule has 0 aliphatic rings. The van der Waals surface area contributed by atoms with Crippen LogP contribution >= 0.6 is 11.6 Å². The van der Waals surface area contributed by atoms with E-state index in [1.807, 2.05) is 0 Å². The summed E-state index contributed by atoms with van der Waals surface area (Å²) in [7, 11) is -3.03. The van der Waals surface area contributed by atoms with Crippen LogP contribution in [-0.4, -0.2) is 26.3 Å². The third-order valence-electron chi connectivity index (χ3n) is 2.19. The van der Waals surface area contributed by atoms with Gasteiger partial charge in [-0.25, -0.2) is 8.42 Å². The highest BCUT2D eigenvalue weighted by Crippen LogP contribution is 2.24. The average molecular weight is 291 g/mol. The molecule has 0 fully saturated rings. The first kappa shape index (κ1) is 14.8. The summed E-state index contributed by atoms with van der Waals surface area (Å²) in [4.78, 5) is 11.5. The van der Waals surface area contributed by atoms with Crippen molar-refractivity contribution in [3.63, 3.8) is 0 Å². The molecular weight excluding hydrogens is 276 g/mol. The molecule has 1 aromatic carbocycles. The molecule has 0 atom stereocenters. The number of benzene rings is 1. The van der Waals surface area contributed by atoms with Crippen LogP contribution in [0.3, 0.4) is 0 Å². The van der Waals surface area contributed by atoms with E-state index in [4.69, 9.17) is 17.3 Å². The number of rotatable bonds is 5. The maximum absolute atomic E-state index is 11.5. The number of nitrogens with two attached hydrogens (primary N) is 1. The Kier molecular flexibility index (Phi) is 4.98. The summed E-state index contributed by atoms with van der Waals surface area (Å²) in [6.07, 6.45) is 1.56. The first-order valence-electron chi connectivity index (χ1n) is 5.30. The maximum Gasteiger partial charge on any atom is 0.224 e. The van der Waals surface area contributed by atoms with Crippen LogP contribution < -0.4 is 11.1 Å². The van der Waals surface area contributed by atoms with Crippen molar-refractivity contribution in [1.29, 1.82) is 0 Å². The van der Waals surface area contributed by atoms with E-state index >= 15 is 0 Å². The second-order valence-electron chi connectivity index (χ2n) is 4.02. The van der Waals surface area contributed by atoms with Gasteiger partial charge in [-0.2, -0.15) is 0 Å². The summed E-state index contributed by atoms with van der Waals surface area (Å²) in [5.41, 5.74) is 6.50. The normalized spacial score (nSPS) is 11.2.